The zero-order valence-corrected chi connectivity index (χ0v) is 17.7. The van der Waals surface area contributed by atoms with Crippen molar-refractivity contribution >= 4 is 16.6 Å². The SMILES string of the molecule is C=C/C=C(\c1nc(-c2n[nH]c3cnc(-c4cn[nH]c4)cc23)[nH]c1C)N1CCN(C)CC1. The van der Waals surface area contributed by atoms with Crippen molar-refractivity contribution in [1.82, 2.24) is 45.1 Å². The molecule has 4 aromatic rings. The summed E-state index contributed by atoms with van der Waals surface area (Å²) in [5, 5.41) is 15.4. The van der Waals surface area contributed by atoms with Crippen molar-refractivity contribution in [2.24, 2.45) is 0 Å². The summed E-state index contributed by atoms with van der Waals surface area (Å²) < 4.78 is 0. The van der Waals surface area contributed by atoms with Crippen LogP contribution in [0, 0.1) is 6.92 Å². The number of aryl methyl sites for hydroxylation is 1. The lowest BCUT2D eigenvalue weighted by molar-refractivity contribution is 0.207. The number of imidazole rings is 1. The molecule has 9 heteroatoms. The van der Waals surface area contributed by atoms with Crippen molar-refractivity contribution in [2.45, 2.75) is 6.92 Å². The molecule has 5 rings (SSSR count). The molecule has 1 aliphatic heterocycles. The van der Waals surface area contributed by atoms with Crippen LogP contribution in [0.4, 0.5) is 0 Å². The molecule has 158 valence electrons. The van der Waals surface area contributed by atoms with Gasteiger partial charge in [-0.2, -0.15) is 10.2 Å². The molecule has 9 nitrogen and oxygen atoms in total. The van der Waals surface area contributed by atoms with Crippen LogP contribution in [0.2, 0.25) is 0 Å². The monoisotopic (exact) mass is 415 g/mol. The van der Waals surface area contributed by atoms with Crippen LogP contribution >= 0.6 is 0 Å². The summed E-state index contributed by atoms with van der Waals surface area (Å²) in [6, 6.07) is 2.01. The predicted molar refractivity (Wildman–Crippen MR) is 121 cm³/mol. The average molecular weight is 416 g/mol. The van der Waals surface area contributed by atoms with Gasteiger partial charge in [0.05, 0.1) is 29.3 Å². The van der Waals surface area contributed by atoms with E-state index in [2.05, 4.69) is 53.8 Å². The lowest BCUT2D eigenvalue weighted by atomic mass is 10.1. The van der Waals surface area contributed by atoms with E-state index in [-0.39, 0.29) is 0 Å². The summed E-state index contributed by atoms with van der Waals surface area (Å²) in [6.07, 6.45) is 9.24. The third-order valence-electron chi connectivity index (χ3n) is 5.71. The topological polar surface area (TPSA) is 105 Å². The number of hydrogen-bond donors (Lipinski definition) is 3. The van der Waals surface area contributed by atoms with E-state index in [0.717, 1.165) is 76.9 Å². The van der Waals surface area contributed by atoms with E-state index in [1.807, 2.05) is 31.3 Å². The predicted octanol–water partition coefficient (Wildman–Crippen LogP) is 2.82. The summed E-state index contributed by atoms with van der Waals surface area (Å²) in [4.78, 5) is 17.6. The second-order valence-electron chi connectivity index (χ2n) is 7.81. The number of nitrogens with zero attached hydrogens (tertiary/aromatic N) is 6. The van der Waals surface area contributed by atoms with Gasteiger partial charge in [0.25, 0.3) is 0 Å². The molecular formula is C22H25N9. The van der Waals surface area contributed by atoms with Gasteiger partial charge in [-0.3, -0.25) is 15.2 Å². The molecule has 4 aromatic heterocycles. The Kier molecular flexibility index (Phi) is 4.87. The Morgan fingerprint density at radius 1 is 1.19 bits per heavy atom. The molecule has 3 N–H and O–H groups in total. The van der Waals surface area contributed by atoms with Gasteiger partial charge in [0.2, 0.25) is 0 Å². The summed E-state index contributed by atoms with van der Waals surface area (Å²) in [7, 11) is 2.15. The lowest BCUT2D eigenvalue weighted by Crippen LogP contribution is -2.43. The third kappa shape index (κ3) is 3.53. The number of rotatable bonds is 5. The van der Waals surface area contributed by atoms with Gasteiger partial charge in [0.15, 0.2) is 5.82 Å². The first kappa shape index (κ1) is 19.3. The molecule has 31 heavy (non-hydrogen) atoms. The first-order valence-electron chi connectivity index (χ1n) is 10.3. The quantitative estimate of drug-likeness (QED) is 0.433. The Bertz CT molecular complexity index is 1240. The molecule has 0 atom stereocenters. The molecule has 0 saturated carbocycles. The fourth-order valence-corrected chi connectivity index (χ4v) is 3.96. The highest BCUT2D eigenvalue weighted by Gasteiger charge is 2.22. The Morgan fingerprint density at radius 3 is 2.77 bits per heavy atom. The minimum Gasteiger partial charge on any atom is -0.367 e. The van der Waals surface area contributed by atoms with Gasteiger partial charge >= 0.3 is 0 Å². The fourth-order valence-electron chi connectivity index (χ4n) is 3.96. The van der Waals surface area contributed by atoms with Gasteiger partial charge in [0.1, 0.15) is 11.4 Å². The van der Waals surface area contributed by atoms with Crippen molar-refractivity contribution in [3.8, 4) is 22.8 Å². The van der Waals surface area contributed by atoms with E-state index in [0.29, 0.717) is 0 Å². The third-order valence-corrected chi connectivity index (χ3v) is 5.71. The number of pyridine rings is 1. The van der Waals surface area contributed by atoms with Crippen molar-refractivity contribution in [1.29, 1.82) is 0 Å². The van der Waals surface area contributed by atoms with Crippen LogP contribution in [0.25, 0.3) is 39.4 Å². The van der Waals surface area contributed by atoms with Crippen LogP contribution in [0.1, 0.15) is 11.4 Å². The Morgan fingerprint density at radius 2 is 2.03 bits per heavy atom. The zero-order valence-electron chi connectivity index (χ0n) is 17.7. The van der Waals surface area contributed by atoms with Gasteiger partial charge in [-0.15, -0.1) is 0 Å². The molecule has 5 heterocycles. The molecule has 1 aliphatic rings. The normalized spacial score (nSPS) is 15.7. The average Bonchev–Trinajstić information content (AvgIpc) is 3.52. The highest BCUT2D eigenvalue weighted by Crippen LogP contribution is 2.30. The van der Waals surface area contributed by atoms with Crippen LogP contribution in [0.3, 0.4) is 0 Å². The molecule has 1 fully saturated rings. The maximum Gasteiger partial charge on any atom is 0.159 e. The molecule has 0 bridgehead atoms. The summed E-state index contributed by atoms with van der Waals surface area (Å²) in [5.41, 5.74) is 6.41. The Balaban J connectivity index is 1.54. The van der Waals surface area contributed by atoms with Crippen molar-refractivity contribution in [2.75, 3.05) is 33.2 Å². The first-order valence-corrected chi connectivity index (χ1v) is 10.3. The summed E-state index contributed by atoms with van der Waals surface area (Å²) in [6.45, 7) is 9.94. The number of fused-ring (bicyclic) bond motifs is 1. The maximum atomic E-state index is 4.96. The zero-order chi connectivity index (χ0) is 21.4. The van der Waals surface area contributed by atoms with Crippen LogP contribution in [0.15, 0.2) is 43.4 Å². The number of likely N-dealkylation sites (N-methyl/N-ethyl adjacent to an activating group) is 1. The van der Waals surface area contributed by atoms with E-state index in [1.165, 1.54) is 0 Å². The number of aromatic amines is 3. The van der Waals surface area contributed by atoms with Crippen molar-refractivity contribution in [3.63, 3.8) is 0 Å². The van der Waals surface area contributed by atoms with Crippen LogP contribution in [0.5, 0.6) is 0 Å². The lowest BCUT2D eigenvalue weighted by Gasteiger charge is -2.35. The number of nitrogens with one attached hydrogen (secondary N) is 3. The van der Waals surface area contributed by atoms with Crippen LogP contribution < -0.4 is 0 Å². The number of hydrogen-bond acceptors (Lipinski definition) is 6. The molecular weight excluding hydrogens is 390 g/mol. The highest BCUT2D eigenvalue weighted by molar-refractivity contribution is 5.93. The van der Waals surface area contributed by atoms with Gasteiger partial charge in [0, 0.05) is 49.0 Å². The minimum absolute atomic E-state index is 0.729. The molecule has 1 saturated heterocycles. The second kappa shape index (κ2) is 7.84. The molecule has 0 aromatic carbocycles. The number of aromatic nitrogens is 7. The minimum atomic E-state index is 0.729. The first-order chi connectivity index (χ1) is 15.1. The summed E-state index contributed by atoms with van der Waals surface area (Å²) in [5.74, 6) is 0.729. The number of H-pyrrole nitrogens is 3. The largest absolute Gasteiger partial charge is 0.367 e. The standard InChI is InChI=1S/C22H25N9/c1-4-5-19(31-8-6-30(3)7-9-31)20-14(2)26-22(27-20)21-16-10-17(15-11-24-25-12-15)23-13-18(16)28-29-21/h4-5,10-13H,1,6-9H2,2-3H3,(H,24,25)(H,26,27)(H,28,29)/b19-5+. The van der Waals surface area contributed by atoms with E-state index in [4.69, 9.17) is 4.98 Å². The van der Waals surface area contributed by atoms with Crippen molar-refractivity contribution in [3.05, 3.63) is 54.8 Å². The Labute approximate surface area is 179 Å². The van der Waals surface area contributed by atoms with Gasteiger partial charge < -0.3 is 14.8 Å². The van der Waals surface area contributed by atoms with Gasteiger partial charge in [-0.1, -0.05) is 12.7 Å². The number of allylic oxidation sites excluding steroid dienone is 2. The molecule has 0 spiro atoms. The molecule has 0 unspecified atom stereocenters. The Hall–Kier alpha value is -3.72. The van der Waals surface area contributed by atoms with Crippen LogP contribution in [-0.4, -0.2) is 78.4 Å². The van der Waals surface area contributed by atoms with E-state index in [9.17, 15) is 0 Å². The van der Waals surface area contributed by atoms with E-state index >= 15 is 0 Å². The van der Waals surface area contributed by atoms with Gasteiger partial charge in [-0.25, -0.2) is 4.98 Å². The smallest absolute Gasteiger partial charge is 0.159 e. The summed E-state index contributed by atoms with van der Waals surface area (Å²) >= 11 is 0. The van der Waals surface area contributed by atoms with Gasteiger partial charge in [-0.05, 0) is 26.1 Å². The molecule has 0 amide bonds. The van der Waals surface area contributed by atoms with Crippen LogP contribution in [-0.2, 0) is 0 Å². The van der Waals surface area contributed by atoms with E-state index in [1.54, 1.807) is 12.4 Å². The molecule has 0 radical (unpaired) electrons. The van der Waals surface area contributed by atoms with Crippen molar-refractivity contribution < 1.29 is 0 Å². The highest BCUT2D eigenvalue weighted by atomic mass is 15.3. The van der Waals surface area contributed by atoms with E-state index < -0.39 is 0 Å². The molecule has 0 aliphatic carbocycles. The second-order valence-corrected chi connectivity index (χ2v) is 7.81. The number of piperazine rings is 1. The maximum absolute atomic E-state index is 4.96. The fraction of sp³-hybridized carbons (Fsp3) is 0.273.